The Hall–Kier alpha value is -0.250. The first-order valence-corrected chi connectivity index (χ1v) is 7.93. The fourth-order valence-corrected chi connectivity index (χ4v) is 3.93. The topological polar surface area (TPSA) is 29.1 Å². The summed E-state index contributed by atoms with van der Waals surface area (Å²) in [7, 11) is 0. The van der Waals surface area contributed by atoms with Crippen molar-refractivity contribution in [2.45, 2.75) is 45.1 Å². The average molecular weight is 306 g/mol. The van der Waals surface area contributed by atoms with E-state index in [0.29, 0.717) is 14.2 Å². The molecule has 1 amide bonds. The molecule has 18 heavy (non-hydrogen) atoms. The van der Waals surface area contributed by atoms with Gasteiger partial charge in [0.25, 0.3) is 5.91 Å². The summed E-state index contributed by atoms with van der Waals surface area (Å²) < 4.78 is 1.03. The van der Waals surface area contributed by atoms with Crippen LogP contribution in [0.15, 0.2) is 6.07 Å². The van der Waals surface area contributed by atoms with Crippen molar-refractivity contribution in [2.75, 3.05) is 0 Å². The number of carbonyl (C=O) groups is 1. The lowest BCUT2D eigenvalue weighted by atomic mass is 9.84. The van der Waals surface area contributed by atoms with Crippen LogP contribution in [0.1, 0.15) is 49.4 Å². The minimum atomic E-state index is -0.0944. The summed E-state index contributed by atoms with van der Waals surface area (Å²) >= 11 is 13.1. The Morgan fingerprint density at radius 1 is 1.39 bits per heavy atom. The molecule has 0 saturated heterocycles. The maximum absolute atomic E-state index is 12.1. The van der Waals surface area contributed by atoms with E-state index in [0.717, 1.165) is 18.8 Å². The number of hydrogen-bond acceptors (Lipinski definition) is 2. The molecule has 5 heteroatoms. The number of halogens is 2. The van der Waals surface area contributed by atoms with Gasteiger partial charge in [0, 0.05) is 6.04 Å². The third-order valence-corrected chi connectivity index (χ3v) is 5.15. The van der Waals surface area contributed by atoms with Crippen LogP contribution < -0.4 is 5.32 Å². The molecule has 0 bridgehead atoms. The van der Waals surface area contributed by atoms with Crippen LogP contribution in [0, 0.1) is 5.92 Å². The van der Waals surface area contributed by atoms with Crippen LogP contribution in [0.2, 0.25) is 8.67 Å². The maximum Gasteiger partial charge on any atom is 0.253 e. The van der Waals surface area contributed by atoms with Gasteiger partial charge in [0.05, 0.1) is 9.90 Å². The lowest BCUT2D eigenvalue weighted by molar-refractivity contribution is 0.0922. The van der Waals surface area contributed by atoms with Crippen LogP contribution in [0.5, 0.6) is 0 Å². The Morgan fingerprint density at radius 2 is 2.06 bits per heavy atom. The van der Waals surface area contributed by atoms with Gasteiger partial charge in [-0.1, -0.05) is 36.5 Å². The van der Waals surface area contributed by atoms with Crippen LogP contribution in [0.4, 0.5) is 0 Å². The quantitative estimate of drug-likeness (QED) is 0.857. The highest BCUT2D eigenvalue weighted by atomic mass is 35.5. The van der Waals surface area contributed by atoms with E-state index >= 15 is 0 Å². The highest BCUT2D eigenvalue weighted by Gasteiger charge is 2.23. The lowest BCUT2D eigenvalue weighted by Crippen LogP contribution is -2.37. The van der Waals surface area contributed by atoms with E-state index in [1.807, 2.05) is 0 Å². The van der Waals surface area contributed by atoms with Crippen molar-refractivity contribution in [1.29, 1.82) is 0 Å². The Bertz CT molecular complexity index is 425. The van der Waals surface area contributed by atoms with E-state index in [-0.39, 0.29) is 11.9 Å². The summed E-state index contributed by atoms with van der Waals surface area (Å²) in [5.74, 6) is 0.737. The molecule has 0 unspecified atom stereocenters. The number of hydrogen-bond donors (Lipinski definition) is 1. The fraction of sp³-hybridized carbons (Fsp3) is 0.615. The number of nitrogens with one attached hydrogen (secondary N) is 1. The van der Waals surface area contributed by atoms with Gasteiger partial charge < -0.3 is 5.32 Å². The van der Waals surface area contributed by atoms with Gasteiger partial charge in [-0.2, -0.15) is 0 Å². The minimum Gasteiger partial charge on any atom is -0.349 e. The van der Waals surface area contributed by atoms with Crippen LogP contribution in [-0.4, -0.2) is 11.9 Å². The predicted molar refractivity (Wildman–Crippen MR) is 77.8 cm³/mol. The molecule has 0 atom stereocenters. The zero-order valence-electron chi connectivity index (χ0n) is 10.3. The first-order valence-electron chi connectivity index (χ1n) is 6.35. The molecule has 1 fully saturated rings. The molecule has 1 saturated carbocycles. The van der Waals surface area contributed by atoms with Gasteiger partial charge >= 0.3 is 0 Å². The van der Waals surface area contributed by atoms with Gasteiger partial charge in [-0.25, -0.2) is 0 Å². The maximum atomic E-state index is 12.1. The van der Waals surface area contributed by atoms with Gasteiger partial charge in [-0.15, -0.1) is 11.3 Å². The summed E-state index contributed by atoms with van der Waals surface area (Å²) in [5.41, 5.74) is 0.504. The smallest absolute Gasteiger partial charge is 0.253 e. The Labute approximate surface area is 122 Å². The first-order chi connectivity index (χ1) is 8.60. The second kappa shape index (κ2) is 6.27. The molecule has 2 nitrogen and oxygen atoms in total. The molecule has 1 aromatic heterocycles. The molecule has 0 radical (unpaired) electrons. The zero-order valence-corrected chi connectivity index (χ0v) is 12.7. The number of amides is 1. The van der Waals surface area contributed by atoms with E-state index in [1.54, 1.807) is 6.07 Å². The van der Waals surface area contributed by atoms with E-state index < -0.39 is 0 Å². The zero-order chi connectivity index (χ0) is 13.1. The largest absolute Gasteiger partial charge is 0.349 e. The van der Waals surface area contributed by atoms with Crippen LogP contribution >= 0.6 is 34.5 Å². The van der Waals surface area contributed by atoms with Crippen LogP contribution in [-0.2, 0) is 0 Å². The lowest BCUT2D eigenvalue weighted by Gasteiger charge is -2.28. The van der Waals surface area contributed by atoms with E-state index in [4.69, 9.17) is 23.2 Å². The minimum absolute atomic E-state index is 0.0944. The van der Waals surface area contributed by atoms with E-state index in [2.05, 4.69) is 12.2 Å². The molecule has 1 heterocycles. The van der Waals surface area contributed by atoms with Crippen molar-refractivity contribution in [3.05, 3.63) is 20.3 Å². The number of thiophene rings is 1. The fourth-order valence-electron chi connectivity index (χ4n) is 2.47. The van der Waals surface area contributed by atoms with Gasteiger partial charge in [0.2, 0.25) is 0 Å². The summed E-state index contributed by atoms with van der Waals surface area (Å²) in [6, 6.07) is 1.93. The van der Waals surface area contributed by atoms with Gasteiger partial charge in [-0.05, 0) is 37.7 Å². The summed E-state index contributed by atoms with van der Waals surface area (Å²) in [5, 5.41) is 3.06. The normalized spacial score (nSPS) is 23.9. The standard InChI is InChI=1S/C13H17Cl2NOS/c1-2-8-3-5-9(6-4-8)16-13(17)10-7-11(14)18-12(10)15/h7-9H,2-6H2,1H3,(H,16,17). The molecule has 1 aliphatic rings. The number of carbonyl (C=O) groups excluding carboxylic acids is 1. The van der Waals surface area contributed by atoms with Crippen LogP contribution in [0.25, 0.3) is 0 Å². The predicted octanol–water partition coefficient (Wildman–Crippen LogP) is 4.75. The summed E-state index contributed by atoms with van der Waals surface area (Å²) in [6.07, 6.45) is 5.80. The van der Waals surface area contributed by atoms with Crippen molar-refractivity contribution in [1.82, 2.24) is 5.32 Å². The van der Waals surface area contributed by atoms with E-state index in [1.165, 1.54) is 30.6 Å². The van der Waals surface area contributed by atoms with Crippen LogP contribution in [0.3, 0.4) is 0 Å². The molecular formula is C13H17Cl2NOS. The van der Waals surface area contributed by atoms with Crippen molar-refractivity contribution in [2.24, 2.45) is 5.92 Å². The monoisotopic (exact) mass is 305 g/mol. The summed E-state index contributed by atoms with van der Waals surface area (Å²) in [6.45, 7) is 2.23. The van der Waals surface area contributed by atoms with Gasteiger partial charge in [0.1, 0.15) is 4.34 Å². The highest BCUT2D eigenvalue weighted by molar-refractivity contribution is 7.20. The molecular weight excluding hydrogens is 289 g/mol. The van der Waals surface area contributed by atoms with Gasteiger partial charge in [0.15, 0.2) is 0 Å². The SMILES string of the molecule is CCC1CCC(NC(=O)c2cc(Cl)sc2Cl)CC1. The highest BCUT2D eigenvalue weighted by Crippen LogP contribution is 2.32. The Kier molecular flexibility index (Phi) is 4.93. The first kappa shape index (κ1) is 14.2. The van der Waals surface area contributed by atoms with E-state index in [9.17, 15) is 4.79 Å². The van der Waals surface area contributed by atoms with Crippen molar-refractivity contribution < 1.29 is 4.79 Å². The Balaban J connectivity index is 1.90. The van der Waals surface area contributed by atoms with Crippen molar-refractivity contribution in [3.8, 4) is 0 Å². The molecule has 0 aromatic carbocycles. The molecule has 100 valence electrons. The molecule has 0 aliphatic heterocycles. The number of rotatable bonds is 3. The summed E-state index contributed by atoms with van der Waals surface area (Å²) in [4.78, 5) is 12.1. The molecule has 0 spiro atoms. The molecule has 1 N–H and O–H groups in total. The Morgan fingerprint density at radius 3 is 2.56 bits per heavy atom. The second-order valence-corrected chi connectivity index (χ2v) is 7.12. The molecule has 2 rings (SSSR count). The third-order valence-electron chi connectivity index (χ3n) is 3.66. The van der Waals surface area contributed by atoms with Gasteiger partial charge in [-0.3, -0.25) is 4.79 Å². The second-order valence-electron chi connectivity index (χ2n) is 4.84. The van der Waals surface area contributed by atoms with Crippen molar-refractivity contribution >= 4 is 40.4 Å². The molecule has 1 aromatic rings. The van der Waals surface area contributed by atoms with Crippen molar-refractivity contribution in [3.63, 3.8) is 0 Å². The molecule has 1 aliphatic carbocycles. The third kappa shape index (κ3) is 3.40. The average Bonchev–Trinajstić information content (AvgIpc) is 2.69.